The van der Waals surface area contributed by atoms with Crippen molar-refractivity contribution in [3.8, 4) is 23.0 Å². The van der Waals surface area contributed by atoms with Crippen molar-refractivity contribution < 1.29 is 18.9 Å². The second kappa shape index (κ2) is 9.55. The Morgan fingerprint density at radius 3 is 2.43 bits per heavy atom. The minimum atomic E-state index is 0.296. The number of ether oxygens (including phenoxy) is 4. The first kappa shape index (κ1) is 20.1. The first-order valence-electron chi connectivity index (χ1n) is 10.2. The second-order valence-electron chi connectivity index (χ2n) is 7.28. The lowest BCUT2D eigenvalue weighted by Crippen LogP contribution is -2.13. The van der Waals surface area contributed by atoms with Gasteiger partial charge in [-0.25, -0.2) is 0 Å². The number of rotatable bonds is 9. The first-order chi connectivity index (χ1) is 14.7. The molecule has 0 saturated heterocycles. The van der Waals surface area contributed by atoms with Crippen molar-refractivity contribution in [3.05, 3.63) is 82.9 Å². The van der Waals surface area contributed by atoms with Gasteiger partial charge in [-0.2, -0.15) is 0 Å². The van der Waals surface area contributed by atoms with E-state index in [1.54, 1.807) is 0 Å². The highest BCUT2D eigenvalue weighted by atomic mass is 16.7. The van der Waals surface area contributed by atoms with Gasteiger partial charge in [0, 0.05) is 13.1 Å². The monoisotopic (exact) mass is 405 g/mol. The van der Waals surface area contributed by atoms with Crippen LogP contribution in [0.1, 0.15) is 29.2 Å². The Kier molecular flexibility index (Phi) is 6.40. The third-order valence-corrected chi connectivity index (χ3v) is 4.88. The number of fused-ring (bicyclic) bond motifs is 1. The summed E-state index contributed by atoms with van der Waals surface area (Å²) in [5.41, 5.74) is 4.67. The Hall–Kier alpha value is -3.18. The van der Waals surface area contributed by atoms with Crippen LogP contribution in [0.3, 0.4) is 0 Å². The Morgan fingerprint density at radius 1 is 0.800 bits per heavy atom. The zero-order chi connectivity index (χ0) is 20.8. The lowest BCUT2D eigenvalue weighted by molar-refractivity contribution is 0.174. The van der Waals surface area contributed by atoms with E-state index in [0.29, 0.717) is 20.0 Å². The van der Waals surface area contributed by atoms with Gasteiger partial charge in [0.05, 0.1) is 6.61 Å². The maximum absolute atomic E-state index is 6.03. The highest BCUT2D eigenvalue weighted by Gasteiger charge is 2.13. The van der Waals surface area contributed by atoms with E-state index >= 15 is 0 Å². The smallest absolute Gasteiger partial charge is 0.231 e. The maximum atomic E-state index is 6.03. The standard InChI is InChI=1S/C25H27NO4/c1-3-27-24-12-19(7-9-22(24)28-16-21-6-4-5-18(2)11-21)14-26-15-20-8-10-23-25(13-20)30-17-29-23/h4-13,26H,3,14-17H2,1-2H3. The molecule has 0 bridgehead atoms. The fourth-order valence-corrected chi connectivity index (χ4v) is 3.42. The van der Waals surface area contributed by atoms with E-state index in [2.05, 4.69) is 36.5 Å². The fraction of sp³-hybridized carbons (Fsp3) is 0.280. The molecule has 0 amide bonds. The van der Waals surface area contributed by atoms with Crippen molar-refractivity contribution in [2.75, 3.05) is 13.4 Å². The van der Waals surface area contributed by atoms with Gasteiger partial charge in [0.1, 0.15) is 6.61 Å². The van der Waals surface area contributed by atoms with Crippen molar-refractivity contribution in [2.45, 2.75) is 33.5 Å². The number of aryl methyl sites for hydroxylation is 1. The van der Waals surface area contributed by atoms with E-state index in [4.69, 9.17) is 18.9 Å². The summed E-state index contributed by atoms with van der Waals surface area (Å²) >= 11 is 0. The van der Waals surface area contributed by atoms with Gasteiger partial charge >= 0.3 is 0 Å². The van der Waals surface area contributed by atoms with Crippen molar-refractivity contribution in [2.24, 2.45) is 0 Å². The molecule has 0 atom stereocenters. The van der Waals surface area contributed by atoms with Crippen LogP contribution in [0.2, 0.25) is 0 Å². The molecule has 0 aromatic heterocycles. The van der Waals surface area contributed by atoms with Crippen LogP contribution in [0.25, 0.3) is 0 Å². The zero-order valence-corrected chi connectivity index (χ0v) is 17.4. The van der Waals surface area contributed by atoms with Crippen LogP contribution in [-0.2, 0) is 19.7 Å². The molecule has 1 aliphatic heterocycles. The lowest BCUT2D eigenvalue weighted by atomic mass is 10.1. The quantitative estimate of drug-likeness (QED) is 0.543. The van der Waals surface area contributed by atoms with Crippen molar-refractivity contribution >= 4 is 0 Å². The third-order valence-electron chi connectivity index (χ3n) is 4.88. The predicted molar refractivity (Wildman–Crippen MR) is 116 cm³/mol. The Balaban J connectivity index is 1.36. The van der Waals surface area contributed by atoms with Gasteiger partial charge in [-0.3, -0.25) is 0 Å². The highest BCUT2D eigenvalue weighted by Crippen LogP contribution is 2.32. The molecule has 0 saturated carbocycles. The summed E-state index contributed by atoms with van der Waals surface area (Å²) in [5.74, 6) is 3.15. The molecule has 30 heavy (non-hydrogen) atoms. The minimum absolute atomic E-state index is 0.296. The Bertz CT molecular complexity index is 1000. The molecular formula is C25H27NO4. The van der Waals surface area contributed by atoms with E-state index in [9.17, 15) is 0 Å². The molecule has 3 aromatic rings. The van der Waals surface area contributed by atoms with Crippen LogP contribution in [0, 0.1) is 6.92 Å². The summed E-state index contributed by atoms with van der Waals surface area (Å²) in [5, 5.41) is 3.47. The number of benzene rings is 3. The van der Waals surface area contributed by atoms with E-state index in [-0.39, 0.29) is 0 Å². The molecule has 0 unspecified atom stereocenters. The topological polar surface area (TPSA) is 49.0 Å². The summed E-state index contributed by atoms with van der Waals surface area (Å²) in [6.07, 6.45) is 0. The van der Waals surface area contributed by atoms with E-state index in [1.165, 1.54) is 5.56 Å². The van der Waals surface area contributed by atoms with Gasteiger partial charge in [0.2, 0.25) is 6.79 Å². The van der Waals surface area contributed by atoms with Crippen molar-refractivity contribution in [1.82, 2.24) is 5.32 Å². The van der Waals surface area contributed by atoms with Gasteiger partial charge in [-0.1, -0.05) is 42.0 Å². The molecule has 0 spiro atoms. The van der Waals surface area contributed by atoms with Gasteiger partial charge < -0.3 is 24.3 Å². The molecule has 3 aromatic carbocycles. The summed E-state index contributed by atoms with van der Waals surface area (Å²) in [4.78, 5) is 0. The number of nitrogens with one attached hydrogen (secondary N) is 1. The van der Waals surface area contributed by atoms with E-state index < -0.39 is 0 Å². The zero-order valence-electron chi connectivity index (χ0n) is 17.4. The molecule has 0 radical (unpaired) electrons. The predicted octanol–water partition coefficient (Wildman–Crippen LogP) is 4.99. The minimum Gasteiger partial charge on any atom is -0.490 e. The number of hydrogen-bond acceptors (Lipinski definition) is 5. The van der Waals surface area contributed by atoms with Gasteiger partial charge in [-0.15, -0.1) is 0 Å². The van der Waals surface area contributed by atoms with Crippen LogP contribution in [-0.4, -0.2) is 13.4 Å². The molecule has 0 fully saturated rings. The normalized spacial score (nSPS) is 12.1. The molecule has 4 rings (SSSR count). The summed E-state index contributed by atoms with van der Waals surface area (Å²) in [6, 6.07) is 20.5. The SMILES string of the molecule is CCOc1cc(CNCc2ccc3c(c2)OCO3)ccc1OCc1cccc(C)c1. The molecule has 1 N–H and O–H groups in total. The molecule has 5 heteroatoms. The molecule has 0 aliphatic carbocycles. The van der Waals surface area contributed by atoms with Crippen molar-refractivity contribution in [1.29, 1.82) is 0 Å². The van der Waals surface area contributed by atoms with Crippen molar-refractivity contribution in [3.63, 3.8) is 0 Å². The van der Waals surface area contributed by atoms with Crippen LogP contribution < -0.4 is 24.3 Å². The van der Waals surface area contributed by atoms with E-state index in [1.807, 2.05) is 43.3 Å². The number of hydrogen-bond donors (Lipinski definition) is 1. The van der Waals surface area contributed by atoms with Crippen LogP contribution in [0.15, 0.2) is 60.7 Å². The third kappa shape index (κ3) is 5.05. The van der Waals surface area contributed by atoms with Crippen LogP contribution in [0.5, 0.6) is 23.0 Å². The largest absolute Gasteiger partial charge is 0.490 e. The first-order valence-corrected chi connectivity index (χ1v) is 10.2. The van der Waals surface area contributed by atoms with Gasteiger partial charge in [0.25, 0.3) is 0 Å². The molecule has 1 aliphatic rings. The summed E-state index contributed by atoms with van der Waals surface area (Å²) in [6.45, 7) is 6.94. The molecule has 5 nitrogen and oxygen atoms in total. The second-order valence-corrected chi connectivity index (χ2v) is 7.28. The van der Waals surface area contributed by atoms with Crippen LogP contribution in [0.4, 0.5) is 0 Å². The summed E-state index contributed by atoms with van der Waals surface area (Å²) in [7, 11) is 0. The highest BCUT2D eigenvalue weighted by molar-refractivity contribution is 5.45. The van der Waals surface area contributed by atoms with E-state index in [0.717, 1.165) is 52.8 Å². The molecule has 1 heterocycles. The molecule has 156 valence electrons. The van der Waals surface area contributed by atoms with Crippen LogP contribution >= 0.6 is 0 Å². The Labute approximate surface area is 177 Å². The fourth-order valence-electron chi connectivity index (χ4n) is 3.42. The maximum Gasteiger partial charge on any atom is 0.231 e. The van der Waals surface area contributed by atoms with Gasteiger partial charge in [0.15, 0.2) is 23.0 Å². The lowest BCUT2D eigenvalue weighted by Gasteiger charge is -2.14. The Morgan fingerprint density at radius 2 is 1.60 bits per heavy atom. The average Bonchev–Trinajstić information content (AvgIpc) is 3.21. The van der Waals surface area contributed by atoms with Gasteiger partial charge in [-0.05, 0) is 54.8 Å². The average molecular weight is 405 g/mol. The summed E-state index contributed by atoms with van der Waals surface area (Å²) < 4.78 is 22.7. The molecular weight excluding hydrogens is 378 g/mol.